The van der Waals surface area contributed by atoms with Gasteiger partial charge in [0, 0.05) is 16.8 Å². The SMILES string of the molecule is C[C@@H](NC(c1ccc(Cl)cc1)c1ccccc1Nc1c(O)c(=O)c1=O)c1ccccc1. The summed E-state index contributed by atoms with van der Waals surface area (Å²) in [5.74, 6) is -0.534. The zero-order valence-electron chi connectivity index (χ0n) is 16.8. The van der Waals surface area contributed by atoms with Crippen LogP contribution in [0.3, 0.4) is 0 Å². The van der Waals surface area contributed by atoms with Gasteiger partial charge in [-0.05, 0) is 41.8 Å². The van der Waals surface area contributed by atoms with Gasteiger partial charge in [-0.15, -0.1) is 0 Å². The second-order valence-corrected chi connectivity index (χ2v) is 7.81. The van der Waals surface area contributed by atoms with Crippen molar-refractivity contribution in [3.05, 3.63) is 121 Å². The number of hydrogen-bond donors (Lipinski definition) is 3. The number of para-hydroxylation sites is 1. The lowest BCUT2D eigenvalue weighted by molar-refractivity contribution is 0.466. The Hall–Kier alpha value is -3.41. The quantitative estimate of drug-likeness (QED) is 0.365. The molecule has 0 radical (unpaired) electrons. The molecule has 0 saturated heterocycles. The van der Waals surface area contributed by atoms with Crippen molar-refractivity contribution in [2.24, 2.45) is 0 Å². The number of benzene rings is 3. The van der Waals surface area contributed by atoms with Crippen LogP contribution in [0.4, 0.5) is 11.4 Å². The molecule has 0 saturated carbocycles. The van der Waals surface area contributed by atoms with Gasteiger partial charge in [0.2, 0.25) is 0 Å². The highest BCUT2D eigenvalue weighted by Gasteiger charge is 2.24. The third-order valence-electron chi connectivity index (χ3n) is 5.34. The molecule has 6 heteroatoms. The van der Waals surface area contributed by atoms with Gasteiger partial charge in [-0.2, -0.15) is 0 Å². The van der Waals surface area contributed by atoms with Gasteiger partial charge in [0.1, 0.15) is 5.69 Å². The van der Waals surface area contributed by atoms with Gasteiger partial charge in [-0.25, -0.2) is 0 Å². The zero-order chi connectivity index (χ0) is 22.0. The van der Waals surface area contributed by atoms with Crippen molar-refractivity contribution >= 4 is 23.0 Å². The van der Waals surface area contributed by atoms with Crippen molar-refractivity contribution in [1.29, 1.82) is 0 Å². The average Bonchev–Trinajstić information content (AvgIpc) is 2.81. The predicted octanol–water partition coefficient (Wildman–Crippen LogP) is 4.83. The standard InChI is InChI=1S/C25H21ClN2O3/c1-15(16-7-3-2-4-8-16)27-21(17-11-13-18(26)14-12-17)19-9-5-6-10-20(19)28-22-23(29)25(31)24(22)30/h2-15,21,27-29H,1H3/t15-,21?/m1/s1. The maximum Gasteiger partial charge on any atom is 0.271 e. The Morgan fingerprint density at radius 3 is 2.13 bits per heavy atom. The molecule has 0 aliphatic heterocycles. The van der Waals surface area contributed by atoms with Gasteiger partial charge in [0.05, 0.1) is 6.04 Å². The van der Waals surface area contributed by atoms with E-state index in [1.165, 1.54) is 0 Å². The molecule has 5 nitrogen and oxygen atoms in total. The van der Waals surface area contributed by atoms with Gasteiger partial charge >= 0.3 is 0 Å². The van der Waals surface area contributed by atoms with E-state index in [0.717, 1.165) is 16.7 Å². The van der Waals surface area contributed by atoms with Crippen LogP contribution in [-0.4, -0.2) is 5.11 Å². The molecule has 2 atom stereocenters. The Balaban J connectivity index is 1.74. The Kier molecular flexibility index (Phi) is 5.89. The molecule has 4 rings (SSSR count). The first-order valence-corrected chi connectivity index (χ1v) is 10.3. The highest BCUT2D eigenvalue weighted by atomic mass is 35.5. The van der Waals surface area contributed by atoms with Gasteiger partial charge in [-0.1, -0.05) is 72.3 Å². The van der Waals surface area contributed by atoms with E-state index in [9.17, 15) is 14.7 Å². The first kappa shape index (κ1) is 20.8. The number of rotatable bonds is 7. The van der Waals surface area contributed by atoms with Crippen LogP contribution in [0, 0.1) is 0 Å². The van der Waals surface area contributed by atoms with Crippen molar-refractivity contribution < 1.29 is 5.11 Å². The molecule has 0 fully saturated rings. The minimum Gasteiger partial charge on any atom is -0.502 e. The number of halogens is 1. The second kappa shape index (κ2) is 8.76. The molecule has 0 aromatic heterocycles. The molecule has 0 aliphatic carbocycles. The molecule has 0 aliphatic rings. The molecule has 31 heavy (non-hydrogen) atoms. The minimum atomic E-state index is -0.870. The normalized spacial score (nSPS) is 13.1. The summed E-state index contributed by atoms with van der Waals surface area (Å²) in [7, 11) is 0. The number of nitrogens with one attached hydrogen (secondary N) is 2. The first-order valence-electron chi connectivity index (χ1n) is 9.90. The number of anilines is 2. The average molecular weight is 433 g/mol. The molecule has 1 unspecified atom stereocenters. The van der Waals surface area contributed by atoms with E-state index in [4.69, 9.17) is 11.6 Å². The summed E-state index contributed by atoms with van der Waals surface area (Å²) in [6.45, 7) is 2.08. The molecule has 4 aromatic carbocycles. The summed E-state index contributed by atoms with van der Waals surface area (Å²) in [6, 6.07) is 24.9. The van der Waals surface area contributed by atoms with E-state index in [2.05, 4.69) is 29.7 Å². The van der Waals surface area contributed by atoms with Crippen molar-refractivity contribution in [2.45, 2.75) is 19.0 Å². The Morgan fingerprint density at radius 2 is 1.45 bits per heavy atom. The molecule has 3 N–H and O–H groups in total. The van der Waals surface area contributed by atoms with Gasteiger partial charge in [-0.3, -0.25) is 14.9 Å². The van der Waals surface area contributed by atoms with Crippen molar-refractivity contribution in [2.75, 3.05) is 5.32 Å². The largest absolute Gasteiger partial charge is 0.502 e. The summed E-state index contributed by atoms with van der Waals surface area (Å²) < 4.78 is 0. The lowest BCUT2D eigenvalue weighted by atomic mass is 9.95. The molecule has 0 spiro atoms. The van der Waals surface area contributed by atoms with Crippen molar-refractivity contribution in [3.8, 4) is 5.75 Å². The van der Waals surface area contributed by atoms with Crippen LogP contribution in [0.5, 0.6) is 5.75 Å². The molecule has 0 heterocycles. The monoisotopic (exact) mass is 432 g/mol. The van der Waals surface area contributed by atoms with E-state index in [-0.39, 0.29) is 17.8 Å². The van der Waals surface area contributed by atoms with E-state index in [1.54, 1.807) is 0 Å². The fourth-order valence-corrected chi connectivity index (χ4v) is 3.73. The fraction of sp³-hybridized carbons (Fsp3) is 0.120. The second-order valence-electron chi connectivity index (χ2n) is 7.38. The summed E-state index contributed by atoms with van der Waals surface area (Å²) in [5, 5.41) is 17.0. The Morgan fingerprint density at radius 1 is 0.806 bits per heavy atom. The summed E-state index contributed by atoms with van der Waals surface area (Å²) >= 11 is 6.10. The molecular weight excluding hydrogens is 412 g/mol. The Bertz CT molecular complexity index is 1260. The highest BCUT2D eigenvalue weighted by Crippen LogP contribution is 2.33. The van der Waals surface area contributed by atoms with Crippen LogP contribution in [0.15, 0.2) is 88.5 Å². The van der Waals surface area contributed by atoms with Gasteiger partial charge in [0.25, 0.3) is 10.9 Å². The lowest BCUT2D eigenvalue weighted by Crippen LogP contribution is -2.33. The smallest absolute Gasteiger partial charge is 0.271 e. The molecule has 156 valence electrons. The Labute approximate surface area is 184 Å². The van der Waals surface area contributed by atoms with Crippen LogP contribution < -0.4 is 21.5 Å². The topological polar surface area (TPSA) is 78.4 Å². The minimum absolute atomic E-state index is 0.0227. The summed E-state index contributed by atoms with van der Waals surface area (Å²) in [4.78, 5) is 23.3. The van der Waals surface area contributed by atoms with Crippen LogP contribution in [0.2, 0.25) is 5.02 Å². The first-order chi connectivity index (χ1) is 15.0. The maximum absolute atomic E-state index is 11.9. The van der Waals surface area contributed by atoms with E-state index in [1.807, 2.05) is 66.7 Å². The molecule has 4 aromatic rings. The van der Waals surface area contributed by atoms with Crippen molar-refractivity contribution in [3.63, 3.8) is 0 Å². The summed E-state index contributed by atoms with van der Waals surface area (Å²) in [5.41, 5.74) is 1.93. The summed E-state index contributed by atoms with van der Waals surface area (Å²) in [6.07, 6.45) is 0. The van der Waals surface area contributed by atoms with Crippen LogP contribution in [-0.2, 0) is 0 Å². The van der Waals surface area contributed by atoms with Gasteiger partial charge < -0.3 is 10.4 Å². The van der Waals surface area contributed by atoms with E-state index in [0.29, 0.717) is 10.7 Å². The van der Waals surface area contributed by atoms with E-state index >= 15 is 0 Å². The van der Waals surface area contributed by atoms with Crippen LogP contribution in [0.25, 0.3) is 0 Å². The third kappa shape index (κ3) is 4.24. The maximum atomic E-state index is 11.9. The third-order valence-corrected chi connectivity index (χ3v) is 5.59. The van der Waals surface area contributed by atoms with Gasteiger partial charge in [0.15, 0.2) is 5.75 Å². The number of aromatic hydroxyl groups is 1. The van der Waals surface area contributed by atoms with E-state index < -0.39 is 16.6 Å². The fourth-order valence-electron chi connectivity index (χ4n) is 3.60. The molecule has 0 amide bonds. The number of hydrogen-bond acceptors (Lipinski definition) is 5. The molecular formula is C25H21ClN2O3. The lowest BCUT2D eigenvalue weighted by Gasteiger charge is -2.27. The van der Waals surface area contributed by atoms with Crippen molar-refractivity contribution in [1.82, 2.24) is 5.32 Å². The van der Waals surface area contributed by atoms with Crippen LogP contribution >= 0.6 is 11.6 Å². The predicted molar refractivity (Wildman–Crippen MR) is 124 cm³/mol. The zero-order valence-corrected chi connectivity index (χ0v) is 17.6. The highest BCUT2D eigenvalue weighted by molar-refractivity contribution is 6.30. The van der Waals surface area contributed by atoms with Crippen LogP contribution in [0.1, 0.15) is 35.7 Å². The molecule has 0 bridgehead atoms.